The quantitative estimate of drug-likeness (QED) is 0.145. The van der Waals surface area contributed by atoms with Crippen LogP contribution in [0.4, 0.5) is 0 Å². The highest BCUT2D eigenvalue weighted by Gasteiger charge is 2.66. The second-order valence-corrected chi connectivity index (χ2v) is 13.1. The maximum Gasteiger partial charge on any atom is 0.311 e. The fourth-order valence-corrected chi connectivity index (χ4v) is 8.12. The number of aliphatic carboxylic acids is 2. The number of carbonyl (C=O) groups is 2. The molecule has 0 amide bonds. The first kappa shape index (κ1) is 34.2. The van der Waals surface area contributed by atoms with E-state index in [2.05, 4.69) is 59.9 Å². The molecule has 4 rings (SSSR count). The molecule has 0 aliphatic carbocycles. The van der Waals surface area contributed by atoms with Crippen LogP contribution in [-0.4, -0.2) is 34.2 Å². The van der Waals surface area contributed by atoms with Crippen LogP contribution in [0.15, 0.2) is 84.9 Å². The lowest BCUT2D eigenvalue weighted by atomic mass is 9.49. The number of nitriles is 1. The van der Waals surface area contributed by atoms with Crippen molar-refractivity contribution in [3.8, 4) is 6.07 Å². The third kappa shape index (κ3) is 7.27. The topological polar surface area (TPSA) is 110 Å². The van der Waals surface area contributed by atoms with Crippen LogP contribution in [-0.2, 0) is 9.59 Å². The summed E-state index contributed by atoms with van der Waals surface area (Å²) in [6.07, 6.45) is 5.93. The largest absolute Gasteiger partial charge is 0.481 e. The van der Waals surface area contributed by atoms with Gasteiger partial charge in [-0.05, 0) is 61.9 Å². The normalized spacial score (nSPS) is 24.6. The van der Waals surface area contributed by atoms with E-state index in [0.29, 0.717) is 29.3 Å². The van der Waals surface area contributed by atoms with Crippen molar-refractivity contribution in [3.63, 3.8) is 0 Å². The van der Waals surface area contributed by atoms with Crippen molar-refractivity contribution in [3.05, 3.63) is 107 Å². The van der Waals surface area contributed by atoms with Crippen molar-refractivity contribution in [1.82, 2.24) is 5.32 Å². The minimum atomic E-state index is -1.50. The molecule has 0 spiro atoms. The van der Waals surface area contributed by atoms with Crippen molar-refractivity contribution in [2.24, 2.45) is 10.8 Å². The van der Waals surface area contributed by atoms with Gasteiger partial charge in [0.1, 0.15) is 0 Å². The highest BCUT2D eigenvalue weighted by molar-refractivity contribution is 6.30. The predicted octanol–water partition coefficient (Wildman–Crippen LogP) is 8.81. The third-order valence-electron chi connectivity index (χ3n) is 10.2. The van der Waals surface area contributed by atoms with E-state index in [4.69, 9.17) is 11.6 Å². The number of piperidine rings is 1. The number of carboxylic acid groups (broad SMARTS) is 2. The number of unbranched alkanes of at least 4 members (excludes halogenated alkanes) is 4. The number of nitrogens with zero attached hydrogens (tertiary/aromatic N) is 1. The second-order valence-electron chi connectivity index (χ2n) is 12.6. The van der Waals surface area contributed by atoms with E-state index in [0.717, 1.165) is 32.1 Å². The summed E-state index contributed by atoms with van der Waals surface area (Å²) in [4.78, 5) is 26.6. The smallest absolute Gasteiger partial charge is 0.311 e. The summed E-state index contributed by atoms with van der Waals surface area (Å²) in [6.45, 7) is 3.65. The van der Waals surface area contributed by atoms with Crippen molar-refractivity contribution in [2.45, 2.75) is 95.6 Å². The van der Waals surface area contributed by atoms with Crippen LogP contribution in [0, 0.1) is 22.2 Å². The van der Waals surface area contributed by atoms with Gasteiger partial charge < -0.3 is 15.5 Å². The number of nitrogens with one attached hydrogen (secondary N) is 1. The summed E-state index contributed by atoms with van der Waals surface area (Å²) < 4.78 is 0. The molecule has 1 heterocycles. The van der Waals surface area contributed by atoms with Gasteiger partial charge in [-0.2, -0.15) is 5.26 Å². The molecular formula is C38H45ClN2O4. The van der Waals surface area contributed by atoms with E-state index in [9.17, 15) is 25.1 Å². The molecule has 5 atom stereocenters. The molecule has 1 aliphatic heterocycles. The molecule has 3 N–H and O–H groups in total. The highest BCUT2D eigenvalue weighted by Crippen LogP contribution is 2.59. The molecule has 0 aromatic heterocycles. The van der Waals surface area contributed by atoms with Crippen LogP contribution >= 0.6 is 11.6 Å². The average Bonchev–Trinajstić information content (AvgIpc) is 3.03. The first-order chi connectivity index (χ1) is 21.7. The van der Waals surface area contributed by atoms with E-state index in [1.807, 2.05) is 19.1 Å². The Bertz CT molecular complexity index is 1420. The van der Waals surface area contributed by atoms with Crippen LogP contribution in [0.2, 0.25) is 5.02 Å². The van der Waals surface area contributed by atoms with Gasteiger partial charge in [0.05, 0.1) is 16.9 Å². The Hall–Kier alpha value is -3.66. The number of benzene rings is 3. The Morgan fingerprint density at radius 2 is 1.33 bits per heavy atom. The van der Waals surface area contributed by atoms with Gasteiger partial charge in [-0.1, -0.05) is 117 Å². The summed E-state index contributed by atoms with van der Waals surface area (Å²) in [6, 6.07) is 29.2. The Labute approximate surface area is 272 Å². The fourth-order valence-electron chi connectivity index (χ4n) is 7.92. The lowest BCUT2D eigenvalue weighted by molar-refractivity contribution is -0.174. The summed E-state index contributed by atoms with van der Waals surface area (Å²) in [5.74, 6) is -2.66. The molecule has 0 bridgehead atoms. The molecule has 0 radical (unpaired) electrons. The molecule has 238 valence electrons. The predicted molar refractivity (Wildman–Crippen MR) is 178 cm³/mol. The van der Waals surface area contributed by atoms with E-state index in [1.54, 1.807) is 31.2 Å². The molecule has 3 aromatic carbocycles. The summed E-state index contributed by atoms with van der Waals surface area (Å²) in [7, 11) is 0. The third-order valence-corrected chi connectivity index (χ3v) is 10.4. The van der Waals surface area contributed by atoms with Gasteiger partial charge >= 0.3 is 11.9 Å². The Kier molecular flexibility index (Phi) is 11.8. The van der Waals surface area contributed by atoms with Crippen molar-refractivity contribution < 1.29 is 19.8 Å². The summed E-state index contributed by atoms with van der Waals surface area (Å²) >= 11 is 6.40. The molecule has 6 nitrogen and oxygen atoms in total. The van der Waals surface area contributed by atoms with Gasteiger partial charge in [0, 0.05) is 35.4 Å². The molecular weight excluding hydrogens is 584 g/mol. The highest BCUT2D eigenvalue weighted by atomic mass is 35.5. The molecule has 7 heteroatoms. The maximum atomic E-state index is 13.4. The Balaban J connectivity index is 1.51. The lowest BCUT2D eigenvalue weighted by Crippen LogP contribution is -2.69. The van der Waals surface area contributed by atoms with E-state index < -0.39 is 40.8 Å². The zero-order chi connectivity index (χ0) is 32.5. The zero-order valence-corrected chi connectivity index (χ0v) is 27.0. The number of hydrogen-bond acceptors (Lipinski definition) is 4. The van der Waals surface area contributed by atoms with Crippen LogP contribution in [0.25, 0.3) is 0 Å². The van der Waals surface area contributed by atoms with Gasteiger partial charge in [-0.3, -0.25) is 9.59 Å². The Morgan fingerprint density at radius 1 is 0.800 bits per heavy atom. The first-order valence-electron chi connectivity index (χ1n) is 16.1. The van der Waals surface area contributed by atoms with Gasteiger partial charge in [-0.25, -0.2) is 0 Å². The van der Waals surface area contributed by atoms with E-state index in [-0.39, 0.29) is 12.8 Å². The number of carboxylic acids is 2. The fraction of sp³-hybridized carbons (Fsp3) is 0.447. The van der Waals surface area contributed by atoms with Gasteiger partial charge in [0.2, 0.25) is 0 Å². The molecule has 5 unspecified atom stereocenters. The van der Waals surface area contributed by atoms with Gasteiger partial charge in [-0.15, -0.1) is 0 Å². The van der Waals surface area contributed by atoms with E-state index in [1.165, 1.54) is 11.1 Å². The molecule has 45 heavy (non-hydrogen) atoms. The number of rotatable bonds is 15. The van der Waals surface area contributed by atoms with Crippen molar-refractivity contribution >= 4 is 23.5 Å². The molecule has 1 fully saturated rings. The maximum absolute atomic E-state index is 13.4. The molecule has 1 saturated heterocycles. The second kappa shape index (κ2) is 15.6. The minimum Gasteiger partial charge on any atom is -0.481 e. The monoisotopic (exact) mass is 628 g/mol. The first-order valence-corrected chi connectivity index (χ1v) is 16.5. The van der Waals surface area contributed by atoms with Crippen LogP contribution in [0.1, 0.15) is 100 Å². The number of hydrogen-bond donors (Lipinski definition) is 3. The zero-order valence-electron chi connectivity index (χ0n) is 26.3. The summed E-state index contributed by atoms with van der Waals surface area (Å²) in [5, 5.41) is 35.0. The van der Waals surface area contributed by atoms with Gasteiger partial charge in [0.15, 0.2) is 0 Å². The van der Waals surface area contributed by atoms with E-state index >= 15 is 0 Å². The number of halogens is 1. The van der Waals surface area contributed by atoms with Crippen LogP contribution < -0.4 is 5.32 Å². The Morgan fingerprint density at radius 3 is 1.87 bits per heavy atom. The van der Waals surface area contributed by atoms with Crippen LogP contribution in [0.5, 0.6) is 0 Å². The summed E-state index contributed by atoms with van der Waals surface area (Å²) in [5.41, 5.74) is 0.306. The average molecular weight is 629 g/mol. The molecule has 1 aliphatic rings. The van der Waals surface area contributed by atoms with Crippen molar-refractivity contribution in [2.75, 3.05) is 0 Å². The van der Waals surface area contributed by atoms with Crippen LogP contribution in [0.3, 0.4) is 0 Å². The minimum absolute atomic E-state index is 0.00637. The molecule has 0 saturated carbocycles. The lowest BCUT2D eigenvalue weighted by Gasteiger charge is -2.57. The SMILES string of the molecule is CC1NC(C)C(CCCCCCCC(c2ccccc2)c2ccccc2)(C(=O)O)C(c2cccc(Cl)c2)C1(CCC#N)C(=O)O. The molecule has 3 aromatic rings. The standard InChI is InChI=1S/C38H45ClN2O4/c1-27-37(35(42)43,34(31-20-14-21-32(39)26-31)38(36(44)45,24-15-25-40)28(2)41-27)23-13-5-3-4-12-22-33(29-16-8-6-9-17-29)30-18-10-7-11-19-30/h6-11,14,16-21,26-28,33-34,41H,3-5,12-13,15,22-24H2,1-2H3,(H,42,43)(H,44,45). The van der Waals surface area contributed by atoms with Gasteiger partial charge in [0.25, 0.3) is 0 Å². The van der Waals surface area contributed by atoms with Crippen molar-refractivity contribution in [1.29, 1.82) is 5.26 Å².